The summed E-state index contributed by atoms with van der Waals surface area (Å²) >= 11 is 0. The Hall–Kier alpha value is -0.710. The van der Waals surface area contributed by atoms with Gasteiger partial charge in [-0.2, -0.15) is 5.26 Å². The molecule has 6 heteroatoms. The fourth-order valence-electron chi connectivity index (χ4n) is 1.78. The van der Waals surface area contributed by atoms with E-state index in [1.165, 1.54) is 6.92 Å². The monoisotopic (exact) mass is 215 g/mol. The molecule has 0 aromatic carbocycles. The van der Waals surface area contributed by atoms with Crippen LogP contribution < -0.4 is 0 Å². The van der Waals surface area contributed by atoms with Crippen LogP contribution in [0.25, 0.3) is 0 Å². The van der Waals surface area contributed by atoms with Gasteiger partial charge in [-0.05, 0) is 6.92 Å². The summed E-state index contributed by atoms with van der Waals surface area (Å²) in [6.07, 6.45) is -4.31. The van der Waals surface area contributed by atoms with Crippen LogP contribution in [-0.4, -0.2) is 46.7 Å². The number of aliphatic hydroxyl groups is 2. The zero-order valence-corrected chi connectivity index (χ0v) is 8.45. The van der Waals surface area contributed by atoms with Gasteiger partial charge < -0.3 is 24.4 Å². The van der Waals surface area contributed by atoms with Crippen molar-refractivity contribution in [3.05, 3.63) is 0 Å². The molecular weight excluding hydrogens is 202 g/mol. The molecule has 0 saturated carbocycles. The maximum atomic E-state index is 9.70. The molecule has 6 atom stereocenters. The van der Waals surface area contributed by atoms with Gasteiger partial charge in [0.1, 0.15) is 24.4 Å². The number of aliphatic hydroxyl groups excluding tert-OH is 2. The summed E-state index contributed by atoms with van der Waals surface area (Å²) in [4.78, 5) is 0. The fourth-order valence-corrected chi connectivity index (χ4v) is 1.78. The summed E-state index contributed by atoms with van der Waals surface area (Å²) in [5.41, 5.74) is 0. The molecule has 2 fully saturated rings. The first-order chi connectivity index (χ1) is 6.97. The van der Waals surface area contributed by atoms with Gasteiger partial charge in [-0.1, -0.05) is 0 Å². The van der Waals surface area contributed by atoms with Crippen molar-refractivity contribution in [2.45, 2.75) is 50.3 Å². The van der Waals surface area contributed by atoms with Gasteiger partial charge in [0, 0.05) is 6.92 Å². The largest absolute Gasteiger partial charge is 0.388 e. The number of rotatable bonds is 0. The molecule has 6 nitrogen and oxygen atoms in total. The van der Waals surface area contributed by atoms with Crippen LogP contribution in [0.4, 0.5) is 0 Å². The average molecular weight is 215 g/mol. The Labute approximate surface area is 87.0 Å². The third-order valence-electron chi connectivity index (χ3n) is 2.69. The number of hydrogen-bond acceptors (Lipinski definition) is 6. The molecule has 0 bridgehead atoms. The standard InChI is InChI=1S/C9H13NO5/c1-4-5(11)6(12)7-8(13-4)15-9(2,3-10)14-7/h4-8,11-12H,1-2H3/t4-,5+,6+,7-,8-,9-/m0/s1. The van der Waals surface area contributed by atoms with E-state index in [0.717, 1.165) is 0 Å². The minimum absolute atomic E-state index is 0.550. The molecule has 0 amide bonds. The van der Waals surface area contributed by atoms with Crippen LogP contribution >= 0.6 is 0 Å². The van der Waals surface area contributed by atoms with E-state index in [9.17, 15) is 10.2 Å². The Morgan fingerprint density at radius 1 is 1.27 bits per heavy atom. The van der Waals surface area contributed by atoms with Crippen LogP contribution in [0.15, 0.2) is 0 Å². The van der Waals surface area contributed by atoms with E-state index < -0.39 is 36.5 Å². The SMILES string of the molecule is C[C@@H]1O[C@H]2O[C@@](C)(C#N)O[C@H]2[C@H](O)[C@@H]1O. The van der Waals surface area contributed by atoms with Crippen molar-refractivity contribution in [3.63, 3.8) is 0 Å². The van der Waals surface area contributed by atoms with Crippen molar-refractivity contribution in [2.24, 2.45) is 0 Å². The Morgan fingerprint density at radius 2 is 1.93 bits per heavy atom. The van der Waals surface area contributed by atoms with Crippen molar-refractivity contribution in [1.29, 1.82) is 5.26 Å². The summed E-state index contributed by atoms with van der Waals surface area (Å²) < 4.78 is 15.7. The van der Waals surface area contributed by atoms with Gasteiger partial charge in [0.05, 0.1) is 6.10 Å². The Kier molecular flexibility index (Phi) is 2.45. The van der Waals surface area contributed by atoms with E-state index in [1.807, 2.05) is 6.07 Å². The van der Waals surface area contributed by atoms with Gasteiger partial charge in [-0.3, -0.25) is 0 Å². The molecule has 0 aromatic rings. The predicted octanol–water partition coefficient (Wildman–Crippen LogP) is -0.892. The van der Waals surface area contributed by atoms with E-state index in [0.29, 0.717) is 0 Å². The van der Waals surface area contributed by atoms with Crippen LogP contribution in [0.2, 0.25) is 0 Å². The van der Waals surface area contributed by atoms with Gasteiger partial charge >= 0.3 is 0 Å². The van der Waals surface area contributed by atoms with E-state index in [2.05, 4.69) is 0 Å². The molecule has 15 heavy (non-hydrogen) atoms. The minimum atomic E-state index is -1.42. The molecule has 2 aliphatic rings. The van der Waals surface area contributed by atoms with Crippen molar-refractivity contribution in [3.8, 4) is 6.07 Å². The van der Waals surface area contributed by atoms with E-state index in [1.54, 1.807) is 6.92 Å². The van der Waals surface area contributed by atoms with Crippen molar-refractivity contribution < 1.29 is 24.4 Å². The maximum absolute atomic E-state index is 9.70. The molecule has 0 unspecified atom stereocenters. The highest BCUT2D eigenvalue weighted by Gasteiger charge is 2.54. The van der Waals surface area contributed by atoms with Crippen LogP contribution in [0.3, 0.4) is 0 Å². The maximum Gasteiger partial charge on any atom is 0.259 e. The highest BCUT2D eigenvalue weighted by atomic mass is 16.8. The van der Waals surface area contributed by atoms with E-state index in [-0.39, 0.29) is 0 Å². The second-order valence-corrected chi connectivity index (χ2v) is 3.95. The third kappa shape index (κ3) is 1.62. The van der Waals surface area contributed by atoms with E-state index >= 15 is 0 Å². The summed E-state index contributed by atoms with van der Waals surface area (Å²) in [5.74, 6) is -1.42. The zero-order chi connectivity index (χ0) is 11.2. The molecule has 84 valence electrons. The summed E-state index contributed by atoms with van der Waals surface area (Å²) in [7, 11) is 0. The average Bonchev–Trinajstić information content (AvgIpc) is 2.53. The minimum Gasteiger partial charge on any atom is -0.388 e. The first-order valence-corrected chi connectivity index (χ1v) is 4.75. The van der Waals surface area contributed by atoms with Crippen LogP contribution in [0.1, 0.15) is 13.8 Å². The van der Waals surface area contributed by atoms with E-state index in [4.69, 9.17) is 19.5 Å². The molecule has 0 spiro atoms. The van der Waals surface area contributed by atoms with Crippen molar-refractivity contribution in [1.82, 2.24) is 0 Å². The second-order valence-electron chi connectivity index (χ2n) is 3.95. The predicted molar refractivity (Wildman–Crippen MR) is 46.3 cm³/mol. The Morgan fingerprint density at radius 3 is 2.53 bits per heavy atom. The van der Waals surface area contributed by atoms with Gasteiger partial charge in [0.15, 0.2) is 6.29 Å². The van der Waals surface area contributed by atoms with Crippen molar-refractivity contribution >= 4 is 0 Å². The lowest BCUT2D eigenvalue weighted by Gasteiger charge is -2.35. The normalized spacial score (nSPS) is 54.7. The summed E-state index contributed by atoms with van der Waals surface area (Å²) in [5, 5.41) is 28.0. The van der Waals surface area contributed by atoms with Crippen LogP contribution in [0, 0.1) is 11.3 Å². The van der Waals surface area contributed by atoms with Crippen LogP contribution in [-0.2, 0) is 14.2 Å². The van der Waals surface area contributed by atoms with Gasteiger partial charge in [0.2, 0.25) is 0 Å². The number of ether oxygens (including phenoxy) is 3. The van der Waals surface area contributed by atoms with Crippen LogP contribution in [0.5, 0.6) is 0 Å². The third-order valence-corrected chi connectivity index (χ3v) is 2.69. The Balaban J connectivity index is 2.18. The summed E-state index contributed by atoms with van der Waals surface area (Å²) in [6.45, 7) is 3.06. The highest BCUT2D eigenvalue weighted by molar-refractivity contribution is 5.00. The Bertz CT molecular complexity index is 303. The topological polar surface area (TPSA) is 91.9 Å². The number of nitriles is 1. The number of fused-ring (bicyclic) bond motifs is 1. The van der Waals surface area contributed by atoms with Gasteiger partial charge in [-0.25, -0.2) is 0 Å². The first kappa shape index (κ1) is 10.8. The van der Waals surface area contributed by atoms with Gasteiger partial charge in [-0.15, -0.1) is 0 Å². The molecule has 2 aliphatic heterocycles. The molecule has 2 rings (SSSR count). The first-order valence-electron chi connectivity index (χ1n) is 4.75. The smallest absolute Gasteiger partial charge is 0.259 e. The molecule has 0 aliphatic carbocycles. The molecule has 2 saturated heterocycles. The lowest BCUT2D eigenvalue weighted by Crippen LogP contribution is -2.55. The second kappa shape index (κ2) is 3.40. The van der Waals surface area contributed by atoms with Crippen molar-refractivity contribution in [2.75, 3.05) is 0 Å². The molecule has 0 aromatic heterocycles. The summed E-state index contributed by atoms with van der Waals surface area (Å²) in [6, 6.07) is 1.83. The molecule has 2 heterocycles. The fraction of sp³-hybridized carbons (Fsp3) is 0.889. The zero-order valence-electron chi connectivity index (χ0n) is 8.45. The number of hydrogen-bond donors (Lipinski definition) is 2. The lowest BCUT2D eigenvalue weighted by atomic mass is 10.0. The quantitative estimate of drug-likeness (QED) is 0.544. The molecule has 2 N–H and O–H groups in total. The van der Waals surface area contributed by atoms with Gasteiger partial charge in [0.25, 0.3) is 5.79 Å². The number of nitrogens with zero attached hydrogens (tertiary/aromatic N) is 1. The molecule has 0 radical (unpaired) electrons. The highest BCUT2D eigenvalue weighted by Crippen LogP contribution is 2.35. The molecular formula is C9H13NO5. The lowest BCUT2D eigenvalue weighted by molar-refractivity contribution is -0.243.